The van der Waals surface area contributed by atoms with E-state index in [1.807, 2.05) is 41.1 Å². The SMILES string of the molecule is CC(C)Cn1c(SC(C)C(=O)NCc2cccs2)nnc1-c1ccco1. The summed E-state index contributed by atoms with van der Waals surface area (Å²) in [5, 5.41) is 14.0. The Morgan fingerprint density at radius 3 is 2.81 bits per heavy atom. The molecule has 0 aromatic carbocycles. The van der Waals surface area contributed by atoms with Crippen LogP contribution in [0.5, 0.6) is 0 Å². The molecule has 3 rings (SSSR count). The Balaban J connectivity index is 1.70. The zero-order chi connectivity index (χ0) is 18.5. The molecule has 0 aliphatic heterocycles. The van der Waals surface area contributed by atoms with Gasteiger partial charge < -0.3 is 9.73 Å². The van der Waals surface area contributed by atoms with Crippen molar-refractivity contribution in [1.29, 1.82) is 0 Å². The molecule has 26 heavy (non-hydrogen) atoms. The van der Waals surface area contributed by atoms with Crippen molar-refractivity contribution in [1.82, 2.24) is 20.1 Å². The van der Waals surface area contributed by atoms with Gasteiger partial charge >= 0.3 is 0 Å². The molecule has 8 heteroatoms. The maximum Gasteiger partial charge on any atom is 0.233 e. The second kappa shape index (κ2) is 8.55. The summed E-state index contributed by atoms with van der Waals surface area (Å²) in [7, 11) is 0. The molecule has 1 amide bonds. The summed E-state index contributed by atoms with van der Waals surface area (Å²) in [5.74, 6) is 1.78. The van der Waals surface area contributed by atoms with E-state index in [9.17, 15) is 4.79 Å². The molecule has 3 heterocycles. The van der Waals surface area contributed by atoms with Gasteiger partial charge in [0.1, 0.15) is 0 Å². The van der Waals surface area contributed by atoms with E-state index in [1.165, 1.54) is 11.8 Å². The average Bonchev–Trinajstić information content (AvgIpc) is 3.34. The van der Waals surface area contributed by atoms with Crippen LogP contribution >= 0.6 is 23.1 Å². The minimum Gasteiger partial charge on any atom is -0.461 e. The van der Waals surface area contributed by atoms with Crippen molar-refractivity contribution < 1.29 is 9.21 Å². The first-order valence-electron chi connectivity index (χ1n) is 8.48. The Morgan fingerprint density at radius 1 is 1.31 bits per heavy atom. The van der Waals surface area contributed by atoms with Gasteiger partial charge in [-0.05, 0) is 36.4 Å². The first-order valence-corrected chi connectivity index (χ1v) is 10.2. The monoisotopic (exact) mass is 390 g/mol. The van der Waals surface area contributed by atoms with Crippen molar-refractivity contribution in [3.63, 3.8) is 0 Å². The third-order valence-corrected chi connectivity index (χ3v) is 5.63. The number of carbonyl (C=O) groups is 1. The van der Waals surface area contributed by atoms with Crippen LogP contribution in [-0.4, -0.2) is 25.9 Å². The van der Waals surface area contributed by atoms with Crippen molar-refractivity contribution in [3.05, 3.63) is 40.8 Å². The lowest BCUT2D eigenvalue weighted by Crippen LogP contribution is -2.30. The molecule has 0 aliphatic rings. The van der Waals surface area contributed by atoms with Gasteiger partial charge in [-0.25, -0.2) is 0 Å². The summed E-state index contributed by atoms with van der Waals surface area (Å²) in [6, 6.07) is 7.69. The summed E-state index contributed by atoms with van der Waals surface area (Å²) in [4.78, 5) is 13.5. The standard InChI is InChI=1S/C18H22N4O2S2/c1-12(2)11-22-16(15-7-4-8-24-15)20-21-18(22)26-13(3)17(23)19-10-14-6-5-9-25-14/h4-9,12-13H,10-11H2,1-3H3,(H,19,23). The number of nitrogens with one attached hydrogen (secondary N) is 1. The van der Waals surface area contributed by atoms with Gasteiger partial charge in [-0.15, -0.1) is 21.5 Å². The predicted molar refractivity (Wildman–Crippen MR) is 104 cm³/mol. The van der Waals surface area contributed by atoms with E-state index < -0.39 is 0 Å². The highest BCUT2D eigenvalue weighted by atomic mass is 32.2. The zero-order valence-corrected chi connectivity index (χ0v) is 16.6. The molecule has 6 nitrogen and oxygen atoms in total. The fraction of sp³-hybridized carbons (Fsp3) is 0.389. The van der Waals surface area contributed by atoms with Crippen LogP contribution in [0.25, 0.3) is 11.6 Å². The highest BCUT2D eigenvalue weighted by molar-refractivity contribution is 8.00. The number of amides is 1. The first-order chi connectivity index (χ1) is 12.5. The molecule has 3 aromatic rings. The topological polar surface area (TPSA) is 73.0 Å². The van der Waals surface area contributed by atoms with Crippen LogP contribution < -0.4 is 5.32 Å². The van der Waals surface area contributed by atoms with Gasteiger partial charge in [0.2, 0.25) is 5.91 Å². The number of thiophene rings is 1. The molecule has 0 aliphatic carbocycles. The molecule has 0 radical (unpaired) electrons. The van der Waals surface area contributed by atoms with Crippen molar-refractivity contribution in [2.45, 2.75) is 44.3 Å². The molecular weight excluding hydrogens is 368 g/mol. The first kappa shape index (κ1) is 18.7. The zero-order valence-electron chi connectivity index (χ0n) is 15.0. The van der Waals surface area contributed by atoms with E-state index >= 15 is 0 Å². The number of hydrogen-bond acceptors (Lipinski definition) is 6. The molecule has 0 saturated heterocycles. The number of thioether (sulfide) groups is 1. The van der Waals surface area contributed by atoms with Gasteiger partial charge in [-0.1, -0.05) is 31.7 Å². The van der Waals surface area contributed by atoms with Crippen LogP contribution in [0, 0.1) is 5.92 Å². The molecule has 0 saturated carbocycles. The Bertz CT molecular complexity index is 826. The average molecular weight is 391 g/mol. The van der Waals surface area contributed by atoms with Crippen LogP contribution in [-0.2, 0) is 17.9 Å². The smallest absolute Gasteiger partial charge is 0.233 e. The number of carbonyl (C=O) groups excluding carboxylic acids is 1. The fourth-order valence-electron chi connectivity index (χ4n) is 2.44. The lowest BCUT2D eigenvalue weighted by Gasteiger charge is -2.14. The Morgan fingerprint density at radius 2 is 2.15 bits per heavy atom. The van der Waals surface area contributed by atoms with E-state index in [0.29, 0.717) is 24.0 Å². The Kier molecular flexibility index (Phi) is 6.16. The molecule has 1 N–H and O–H groups in total. The van der Waals surface area contributed by atoms with E-state index in [4.69, 9.17) is 4.42 Å². The number of furan rings is 1. The number of aromatic nitrogens is 3. The number of rotatable bonds is 8. The highest BCUT2D eigenvalue weighted by Gasteiger charge is 2.22. The lowest BCUT2D eigenvalue weighted by molar-refractivity contribution is -0.120. The minimum atomic E-state index is -0.269. The normalized spacial score (nSPS) is 12.5. The van der Waals surface area contributed by atoms with Gasteiger partial charge in [0.25, 0.3) is 0 Å². The van der Waals surface area contributed by atoms with E-state index in [0.717, 1.165) is 16.6 Å². The Labute approximate surface area is 161 Å². The van der Waals surface area contributed by atoms with Gasteiger partial charge in [-0.3, -0.25) is 9.36 Å². The van der Waals surface area contributed by atoms with Crippen LogP contribution in [0.15, 0.2) is 45.5 Å². The predicted octanol–water partition coefficient (Wildman–Crippen LogP) is 4.05. The van der Waals surface area contributed by atoms with Crippen molar-refractivity contribution in [2.24, 2.45) is 5.92 Å². The summed E-state index contributed by atoms with van der Waals surface area (Å²) < 4.78 is 7.50. The Hall–Kier alpha value is -2.06. The van der Waals surface area contributed by atoms with Crippen molar-refractivity contribution >= 4 is 29.0 Å². The van der Waals surface area contributed by atoms with Gasteiger partial charge in [-0.2, -0.15) is 0 Å². The van der Waals surface area contributed by atoms with Crippen molar-refractivity contribution in [2.75, 3.05) is 0 Å². The summed E-state index contributed by atoms with van der Waals surface area (Å²) in [6.07, 6.45) is 1.62. The van der Waals surface area contributed by atoms with Crippen molar-refractivity contribution in [3.8, 4) is 11.6 Å². The summed E-state index contributed by atoms with van der Waals surface area (Å²) in [6.45, 7) is 7.47. The van der Waals surface area contributed by atoms with Gasteiger partial charge in [0.05, 0.1) is 18.1 Å². The van der Waals surface area contributed by atoms with Crippen LogP contribution in [0.1, 0.15) is 25.6 Å². The molecule has 0 spiro atoms. The molecule has 138 valence electrons. The second-order valence-corrected chi connectivity index (χ2v) is 8.69. The van der Waals surface area contributed by atoms with E-state index in [2.05, 4.69) is 29.4 Å². The molecular formula is C18H22N4O2S2. The van der Waals surface area contributed by atoms with Crippen LogP contribution in [0.3, 0.4) is 0 Å². The van der Waals surface area contributed by atoms with Crippen LogP contribution in [0.2, 0.25) is 0 Å². The highest BCUT2D eigenvalue weighted by Crippen LogP contribution is 2.28. The largest absolute Gasteiger partial charge is 0.461 e. The molecule has 0 bridgehead atoms. The quantitative estimate of drug-likeness (QED) is 0.587. The molecule has 1 unspecified atom stereocenters. The number of nitrogens with zero attached hydrogens (tertiary/aromatic N) is 3. The minimum absolute atomic E-state index is 0.0120. The molecule has 3 aromatic heterocycles. The maximum absolute atomic E-state index is 12.4. The number of hydrogen-bond donors (Lipinski definition) is 1. The third kappa shape index (κ3) is 4.56. The fourth-order valence-corrected chi connectivity index (χ4v) is 3.96. The van der Waals surface area contributed by atoms with E-state index in [-0.39, 0.29) is 11.2 Å². The summed E-state index contributed by atoms with van der Waals surface area (Å²) in [5.41, 5.74) is 0. The maximum atomic E-state index is 12.4. The second-order valence-electron chi connectivity index (χ2n) is 6.35. The molecule has 1 atom stereocenters. The van der Waals surface area contributed by atoms with Crippen LogP contribution in [0.4, 0.5) is 0 Å². The molecule has 0 fully saturated rings. The third-order valence-electron chi connectivity index (χ3n) is 3.67. The summed E-state index contributed by atoms with van der Waals surface area (Å²) >= 11 is 3.05. The van der Waals surface area contributed by atoms with Gasteiger partial charge in [0.15, 0.2) is 16.7 Å². The van der Waals surface area contributed by atoms with Gasteiger partial charge in [0, 0.05) is 11.4 Å². The lowest BCUT2D eigenvalue weighted by atomic mass is 10.2. The van der Waals surface area contributed by atoms with E-state index in [1.54, 1.807) is 17.6 Å².